The Balaban J connectivity index is -0.000000339. The van der Waals surface area contributed by atoms with Gasteiger partial charge in [-0.05, 0) is 53.0 Å². The predicted octanol–water partition coefficient (Wildman–Crippen LogP) is 8.18. The number of rotatable bonds is 0. The molecule has 1 aromatic rings. The van der Waals surface area contributed by atoms with Crippen LogP contribution in [0.5, 0.6) is 5.75 Å². The van der Waals surface area contributed by atoms with Crippen LogP contribution in [0, 0.1) is 12.3 Å². The monoisotopic (exact) mass is 402 g/mol. The number of benzene rings is 1. The average Bonchev–Trinajstić information content (AvgIpc) is 2.91. The Hall–Kier alpha value is -0.920. The number of hydrogen-bond acceptors (Lipinski definition) is 1. The Morgan fingerprint density at radius 3 is 1.65 bits per heavy atom. The Morgan fingerprint density at radius 1 is 0.885 bits per heavy atom. The lowest BCUT2D eigenvalue weighted by atomic mass is 9.86. The summed E-state index contributed by atoms with van der Waals surface area (Å²) in [6, 6.07) is 5.71. The highest BCUT2D eigenvalue weighted by atomic mass is 35.5. The Kier molecular flexibility index (Phi) is 15.2. The fraction of sp³-hybridized carbons (Fsp3) is 0.565. The molecule has 0 unspecified atom stereocenters. The van der Waals surface area contributed by atoms with Crippen LogP contribution in [0.2, 0.25) is 0 Å². The van der Waals surface area contributed by atoms with Crippen molar-refractivity contribution in [1.82, 2.24) is 0 Å². The van der Waals surface area contributed by atoms with E-state index in [1.165, 1.54) is 17.6 Å². The van der Waals surface area contributed by atoms with E-state index in [9.17, 15) is 5.11 Å². The van der Waals surface area contributed by atoms with Crippen LogP contribution in [-0.2, 0) is 5.41 Å². The summed E-state index contributed by atoms with van der Waals surface area (Å²) in [4.78, 5) is 0. The minimum atomic E-state index is 0. The summed E-state index contributed by atoms with van der Waals surface area (Å²) in [6.07, 6.45) is 9.10. The van der Waals surface area contributed by atoms with E-state index in [0.717, 1.165) is 12.0 Å². The van der Waals surface area contributed by atoms with Gasteiger partial charge in [-0.15, -0.1) is 24.8 Å². The van der Waals surface area contributed by atoms with Gasteiger partial charge in [-0.1, -0.05) is 86.1 Å². The lowest BCUT2D eigenvalue weighted by molar-refractivity contribution is 0.470. The zero-order chi connectivity index (χ0) is 19.0. The third-order valence-electron chi connectivity index (χ3n) is 3.57. The fourth-order valence-corrected chi connectivity index (χ4v) is 2.21. The van der Waals surface area contributed by atoms with E-state index < -0.39 is 0 Å². The number of aromatic hydroxyl groups is 1. The molecule has 26 heavy (non-hydrogen) atoms. The van der Waals surface area contributed by atoms with E-state index in [-0.39, 0.29) is 30.2 Å². The molecule has 0 fully saturated rings. The van der Waals surface area contributed by atoms with Gasteiger partial charge in [-0.3, -0.25) is 0 Å². The van der Waals surface area contributed by atoms with Crippen molar-refractivity contribution >= 4 is 24.8 Å². The molecule has 0 saturated carbocycles. The summed E-state index contributed by atoms with van der Waals surface area (Å²) in [6.45, 7) is 19.4. The van der Waals surface area contributed by atoms with Crippen molar-refractivity contribution in [2.24, 2.45) is 5.41 Å². The molecule has 0 aromatic heterocycles. The standard InChI is InChI=1S/C11H16O.C9H14.C3H8.2ClH/c1-8-5-9(11(2,3)4)7-10(12)6-8;1-9(2,3)8-6-4-5-7-8;1-3-2;;/h5-7,12H,1-4H3;4,6-7H,5H2,1-3H3;3H2,1-2H3;2*1H. The molecule has 0 aliphatic heterocycles. The van der Waals surface area contributed by atoms with Gasteiger partial charge in [0.1, 0.15) is 5.75 Å². The van der Waals surface area contributed by atoms with Gasteiger partial charge >= 0.3 is 0 Å². The summed E-state index contributed by atoms with van der Waals surface area (Å²) in [7, 11) is 0. The number of phenols is 1. The SMILES string of the molecule is CC(C)(C)C1=CCC=C1.CCC.Cc1cc(O)cc(C(C)(C)C)c1.Cl.Cl. The molecule has 0 amide bonds. The van der Waals surface area contributed by atoms with E-state index >= 15 is 0 Å². The molecule has 0 atom stereocenters. The highest BCUT2D eigenvalue weighted by molar-refractivity contribution is 5.85. The molecule has 0 radical (unpaired) electrons. The zero-order valence-corrected chi connectivity index (χ0v) is 19.8. The summed E-state index contributed by atoms with van der Waals surface area (Å²) in [5.74, 6) is 0.361. The maximum absolute atomic E-state index is 9.36. The van der Waals surface area contributed by atoms with Crippen molar-refractivity contribution in [3.8, 4) is 5.75 Å². The topological polar surface area (TPSA) is 20.2 Å². The van der Waals surface area contributed by atoms with Crippen LogP contribution in [0.4, 0.5) is 0 Å². The molecular formula is C23H40Cl2O. The summed E-state index contributed by atoms with van der Waals surface area (Å²) in [5.41, 5.74) is 4.23. The third-order valence-corrected chi connectivity index (χ3v) is 3.57. The van der Waals surface area contributed by atoms with E-state index in [1.54, 1.807) is 6.07 Å². The van der Waals surface area contributed by atoms with Gasteiger partial charge in [0.25, 0.3) is 0 Å². The van der Waals surface area contributed by atoms with Crippen molar-refractivity contribution in [1.29, 1.82) is 0 Å². The fourth-order valence-electron chi connectivity index (χ4n) is 2.21. The number of halogens is 2. The first kappa shape index (κ1) is 29.8. The maximum atomic E-state index is 9.36. The molecule has 1 nitrogen and oxygen atoms in total. The molecule has 1 aliphatic carbocycles. The molecular weight excluding hydrogens is 363 g/mol. The van der Waals surface area contributed by atoms with Crippen molar-refractivity contribution in [2.45, 2.75) is 80.6 Å². The van der Waals surface area contributed by atoms with Crippen LogP contribution in [0.3, 0.4) is 0 Å². The third kappa shape index (κ3) is 12.4. The van der Waals surface area contributed by atoms with Crippen LogP contribution in [-0.4, -0.2) is 5.11 Å². The summed E-state index contributed by atoms with van der Waals surface area (Å²) >= 11 is 0. The number of aryl methyl sites for hydroxylation is 1. The predicted molar refractivity (Wildman–Crippen MR) is 123 cm³/mol. The Labute approximate surface area is 174 Å². The van der Waals surface area contributed by atoms with Gasteiger partial charge in [0.15, 0.2) is 0 Å². The smallest absolute Gasteiger partial charge is 0.116 e. The quantitative estimate of drug-likeness (QED) is 0.463. The van der Waals surface area contributed by atoms with Gasteiger partial charge in [0.05, 0.1) is 0 Å². The van der Waals surface area contributed by atoms with Crippen molar-refractivity contribution in [3.05, 3.63) is 53.1 Å². The molecule has 1 N–H and O–H groups in total. The lowest BCUT2D eigenvalue weighted by Gasteiger charge is -2.19. The maximum Gasteiger partial charge on any atom is 0.116 e. The molecule has 2 rings (SSSR count). The van der Waals surface area contributed by atoms with Crippen molar-refractivity contribution in [2.75, 3.05) is 0 Å². The van der Waals surface area contributed by atoms with Crippen molar-refractivity contribution < 1.29 is 5.11 Å². The van der Waals surface area contributed by atoms with Gasteiger partial charge in [0, 0.05) is 0 Å². The van der Waals surface area contributed by atoms with Gasteiger partial charge in [-0.2, -0.15) is 0 Å². The largest absolute Gasteiger partial charge is 0.508 e. The molecule has 0 saturated heterocycles. The molecule has 1 aliphatic rings. The minimum absolute atomic E-state index is 0. The molecule has 152 valence electrons. The number of allylic oxidation sites excluding steroid dienone is 4. The van der Waals surface area contributed by atoms with Crippen LogP contribution in [0.15, 0.2) is 42.0 Å². The average molecular weight is 403 g/mol. The van der Waals surface area contributed by atoms with Gasteiger partial charge < -0.3 is 5.11 Å². The van der Waals surface area contributed by atoms with E-state index in [4.69, 9.17) is 0 Å². The highest BCUT2D eigenvalue weighted by Crippen LogP contribution is 2.29. The van der Waals surface area contributed by atoms with Crippen LogP contribution in [0.25, 0.3) is 0 Å². The van der Waals surface area contributed by atoms with E-state index in [1.807, 2.05) is 13.0 Å². The van der Waals surface area contributed by atoms with Gasteiger partial charge in [0.2, 0.25) is 0 Å². The second-order valence-corrected chi connectivity index (χ2v) is 8.56. The lowest BCUT2D eigenvalue weighted by Crippen LogP contribution is -2.10. The van der Waals surface area contributed by atoms with E-state index in [0.29, 0.717) is 11.2 Å². The molecule has 3 heteroatoms. The van der Waals surface area contributed by atoms with Crippen LogP contribution in [0.1, 0.15) is 79.4 Å². The van der Waals surface area contributed by atoms with Crippen molar-refractivity contribution in [3.63, 3.8) is 0 Å². The summed E-state index contributed by atoms with van der Waals surface area (Å²) in [5, 5.41) is 9.36. The molecule has 1 aromatic carbocycles. The van der Waals surface area contributed by atoms with Gasteiger partial charge in [-0.25, -0.2) is 0 Å². The second kappa shape index (κ2) is 13.3. The molecule has 0 bridgehead atoms. The van der Waals surface area contributed by atoms with Crippen LogP contribution >= 0.6 is 24.8 Å². The first-order chi connectivity index (χ1) is 10.9. The Morgan fingerprint density at radius 2 is 1.38 bits per heavy atom. The van der Waals surface area contributed by atoms with Crippen LogP contribution < -0.4 is 0 Å². The highest BCUT2D eigenvalue weighted by Gasteiger charge is 2.15. The zero-order valence-electron chi connectivity index (χ0n) is 18.1. The minimum Gasteiger partial charge on any atom is -0.508 e. The Bertz CT molecular complexity index is 538. The number of hydrogen-bond donors (Lipinski definition) is 1. The molecule has 0 heterocycles. The summed E-state index contributed by atoms with van der Waals surface area (Å²) < 4.78 is 0. The normalized spacial score (nSPS) is 12.4. The first-order valence-corrected chi connectivity index (χ1v) is 9.10. The van der Waals surface area contributed by atoms with E-state index in [2.05, 4.69) is 79.7 Å². The first-order valence-electron chi connectivity index (χ1n) is 9.10. The second-order valence-electron chi connectivity index (χ2n) is 8.56. The number of phenolic OH excluding ortho intramolecular Hbond substituents is 1. The molecule has 0 spiro atoms.